The van der Waals surface area contributed by atoms with Crippen molar-refractivity contribution in [2.24, 2.45) is 5.73 Å². The van der Waals surface area contributed by atoms with E-state index in [-0.39, 0.29) is 12.2 Å². The van der Waals surface area contributed by atoms with Gasteiger partial charge in [-0.25, -0.2) is 0 Å². The second-order valence-electron chi connectivity index (χ2n) is 1.67. The summed E-state index contributed by atoms with van der Waals surface area (Å²) in [5.41, 5.74) is 5.14. The number of rotatable bonds is 1. The van der Waals surface area contributed by atoms with Crippen molar-refractivity contribution in [2.45, 2.75) is 12.2 Å². The van der Waals surface area contributed by atoms with Crippen LogP contribution < -0.4 is 5.73 Å². The fraction of sp³-hybridized carbons (Fsp3) is 1.00. The molecule has 7 heavy (non-hydrogen) atoms. The lowest BCUT2D eigenvalue weighted by Gasteiger charge is -2.31. The Morgan fingerprint density at radius 1 is 1.86 bits per heavy atom. The Balaban J connectivity index is 2.16. The Hall–Kier alpha value is -0.120. The molecule has 0 aromatic rings. The molecule has 3 heteroatoms. The fourth-order valence-electron chi connectivity index (χ4n) is 0.543. The van der Waals surface area contributed by atoms with Gasteiger partial charge in [0.1, 0.15) is 6.10 Å². The van der Waals surface area contributed by atoms with Crippen LogP contribution in [0.2, 0.25) is 0 Å². The number of aliphatic hydroxyl groups excluding tert-OH is 1. The van der Waals surface area contributed by atoms with Crippen LogP contribution in [0.5, 0.6) is 0 Å². The largest absolute Gasteiger partial charge is 0.388 e. The second-order valence-corrected chi connectivity index (χ2v) is 1.67. The molecule has 3 nitrogen and oxygen atoms in total. The normalized spacial score (nSPS) is 40.3. The highest BCUT2D eigenvalue weighted by molar-refractivity contribution is 4.77. The van der Waals surface area contributed by atoms with Gasteiger partial charge in [0.15, 0.2) is 0 Å². The fourth-order valence-corrected chi connectivity index (χ4v) is 0.543. The van der Waals surface area contributed by atoms with Gasteiger partial charge in [-0.2, -0.15) is 0 Å². The van der Waals surface area contributed by atoms with E-state index < -0.39 is 0 Å². The van der Waals surface area contributed by atoms with Crippen molar-refractivity contribution < 1.29 is 9.84 Å². The summed E-state index contributed by atoms with van der Waals surface area (Å²) in [5, 5.41) is 8.70. The Morgan fingerprint density at radius 2 is 2.57 bits per heavy atom. The summed E-state index contributed by atoms with van der Waals surface area (Å²) in [4.78, 5) is 0. The first-order valence-electron chi connectivity index (χ1n) is 2.34. The van der Waals surface area contributed by atoms with Gasteiger partial charge >= 0.3 is 0 Å². The van der Waals surface area contributed by atoms with Gasteiger partial charge in [-0.05, 0) is 0 Å². The summed E-state index contributed by atoms with van der Waals surface area (Å²) in [6, 6.07) is 0. The van der Waals surface area contributed by atoms with Gasteiger partial charge in [-0.3, -0.25) is 0 Å². The van der Waals surface area contributed by atoms with E-state index in [1.807, 2.05) is 0 Å². The second kappa shape index (κ2) is 1.78. The van der Waals surface area contributed by atoms with Gasteiger partial charge < -0.3 is 15.6 Å². The third-order valence-corrected chi connectivity index (χ3v) is 1.14. The molecule has 0 bridgehead atoms. The molecule has 0 saturated carbocycles. The van der Waals surface area contributed by atoms with Crippen molar-refractivity contribution in [1.29, 1.82) is 0 Å². The molecule has 42 valence electrons. The first-order valence-corrected chi connectivity index (χ1v) is 2.34. The predicted molar refractivity (Wildman–Crippen MR) is 24.8 cm³/mol. The maximum absolute atomic E-state index is 8.70. The Labute approximate surface area is 42.1 Å². The molecule has 2 unspecified atom stereocenters. The minimum absolute atomic E-state index is 0.0833. The van der Waals surface area contributed by atoms with Gasteiger partial charge in [-0.15, -0.1) is 0 Å². The molecule has 3 N–H and O–H groups in total. The molecule has 0 spiro atoms. The van der Waals surface area contributed by atoms with Crippen LogP contribution in [0.4, 0.5) is 0 Å². The molecule has 1 aliphatic rings. The molecule has 0 aromatic carbocycles. The average molecular weight is 103 g/mol. The van der Waals surface area contributed by atoms with E-state index in [9.17, 15) is 0 Å². The minimum Gasteiger partial charge on any atom is -0.388 e. The molecule has 0 aliphatic carbocycles. The summed E-state index contributed by atoms with van der Waals surface area (Å²) in [6.45, 7) is 0.892. The Morgan fingerprint density at radius 3 is 2.57 bits per heavy atom. The number of nitrogens with two attached hydrogens (primary N) is 1. The number of hydrogen-bond donors (Lipinski definition) is 2. The molecule has 0 amide bonds. The van der Waals surface area contributed by atoms with E-state index in [0.717, 1.165) is 0 Å². The van der Waals surface area contributed by atoms with Gasteiger partial charge in [-0.1, -0.05) is 0 Å². The van der Waals surface area contributed by atoms with Crippen molar-refractivity contribution in [3.8, 4) is 0 Å². The van der Waals surface area contributed by atoms with E-state index >= 15 is 0 Å². The summed E-state index contributed by atoms with van der Waals surface area (Å²) in [6.07, 6.45) is -0.384. The minimum atomic E-state index is -0.301. The molecule has 0 radical (unpaired) electrons. The van der Waals surface area contributed by atoms with Gasteiger partial charge in [0, 0.05) is 6.54 Å². The van der Waals surface area contributed by atoms with Crippen LogP contribution in [0.25, 0.3) is 0 Å². The molecular formula is C4H9NO2. The number of aliphatic hydroxyl groups is 1. The number of hydrogen-bond acceptors (Lipinski definition) is 3. The van der Waals surface area contributed by atoms with Crippen molar-refractivity contribution in [3.63, 3.8) is 0 Å². The zero-order valence-corrected chi connectivity index (χ0v) is 4.00. The van der Waals surface area contributed by atoms with Crippen LogP contribution in [0, 0.1) is 0 Å². The monoisotopic (exact) mass is 103 g/mol. The quantitative estimate of drug-likeness (QED) is 0.434. The molecular weight excluding hydrogens is 94.0 g/mol. The molecule has 0 aromatic heterocycles. The van der Waals surface area contributed by atoms with E-state index in [1.165, 1.54) is 0 Å². The first-order chi connectivity index (χ1) is 3.34. The zero-order chi connectivity index (χ0) is 5.28. The highest BCUT2D eigenvalue weighted by Gasteiger charge is 2.27. The highest BCUT2D eigenvalue weighted by atomic mass is 16.5. The Kier molecular flexibility index (Phi) is 1.27. The lowest BCUT2D eigenvalue weighted by atomic mass is 10.1. The summed E-state index contributed by atoms with van der Waals surface area (Å²) >= 11 is 0. The van der Waals surface area contributed by atoms with Crippen LogP contribution in [0.15, 0.2) is 0 Å². The van der Waals surface area contributed by atoms with Gasteiger partial charge in [0.05, 0.1) is 12.7 Å². The number of ether oxygens (including phenoxy) is 1. The summed E-state index contributed by atoms with van der Waals surface area (Å²) in [5.74, 6) is 0. The standard InChI is InChI=1S/C4H9NO2/c5-1-4-3(6)2-7-4/h3-4,6H,1-2,5H2. The third kappa shape index (κ3) is 0.748. The Bertz CT molecular complexity index is 64.7. The predicted octanol–water partition coefficient (Wildman–Crippen LogP) is -1.30. The van der Waals surface area contributed by atoms with Crippen molar-refractivity contribution in [1.82, 2.24) is 0 Å². The molecule has 1 saturated heterocycles. The zero-order valence-electron chi connectivity index (χ0n) is 4.00. The molecule has 1 aliphatic heterocycles. The van der Waals surface area contributed by atoms with Crippen molar-refractivity contribution >= 4 is 0 Å². The van der Waals surface area contributed by atoms with Crippen LogP contribution in [0.3, 0.4) is 0 Å². The lowest BCUT2D eigenvalue weighted by molar-refractivity contribution is -0.156. The highest BCUT2D eigenvalue weighted by Crippen LogP contribution is 2.09. The van der Waals surface area contributed by atoms with E-state index in [2.05, 4.69) is 0 Å². The lowest BCUT2D eigenvalue weighted by Crippen LogP contribution is -2.49. The van der Waals surface area contributed by atoms with Crippen LogP contribution in [0.1, 0.15) is 0 Å². The molecule has 1 fully saturated rings. The maximum atomic E-state index is 8.70. The first kappa shape index (κ1) is 5.03. The topological polar surface area (TPSA) is 55.5 Å². The maximum Gasteiger partial charge on any atom is 0.105 e. The molecule has 2 atom stereocenters. The van der Waals surface area contributed by atoms with Crippen molar-refractivity contribution in [2.75, 3.05) is 13.2 Å². The van der Waals surface area contributed by atoms with Crippen molar-refractivity contribution in [3.05, 3.63) is 0 Å². The van der Waals surface area contributed by atoms with Gasteiger partial charge in [0.25, 0.3) is 0 Å². The smallest absolute Gasteiger partial charge is 0.105 e. The SMILES string of the molecule is NCC1OCC1O. The van der Waals surface area contributed by atoms with Gasteiger partial charge in [0.2, 0.25) is 0 Å². The molecule has 1 rings (SSSR count). The van der Waals surface area contributed by atoms with E-state index in [0.29, 0.717) is 13.2 Å². The molecule has 1 heterocycles. The van der Waals surface area contributed by atoms with E-state index in [4.69, 9.17) is 15.6 Å². The van der Waals surface area contributed by atoms with Crippen LogP contribution in [-0.2, 0) is 4.74 Å². The average Bonchev–Trinajstić information content (AvgIpc) is 1.65. The summed E-state index contributed by atoms with van der Waals surface area (Å²) in [7, 11) is 0. The summed E-state index contributed by atoms with van der Waals surface area (Å²) < 4.78 is 4.82. The van der Waals surface area contributed by atoms with E-state index in [1.54, 1.807) is 0 Å². The third-order valence-electron chi connectivity index (χ3n) is 1.14. The van der Waals surface area contributed by atoms with Crippen LogP contribution in [-0.4, -0.2) is 30.5 Å². The van der Waals surface area contributed by atoms with Crippen LogP contribution >= 0.6 is 0 Å².